The van der Waals surface area contributed by atoms with Gasteiger partial charge >= 0.3 is 6.18 Å². The second kappa shape index (κ2) is 15.7. The fraction of sp³-hybridized carbons (Fsp3) is 0.294. The second-order valence-electron chi connectivity index (χ2n) is 11.2. The summed E-state index contributed by atoms with van der Waals surface area (Å²) in [5.41, 5.74) is 1.13. The molecule has 48 heavy (non-hydrogen) atoms. The van der Waals surface area contributed by atoms with E-state index >= 15 is 0 Å². The first kappa shape index (κ1) is 34.3. The Labute approximate surface area is 275 Å². The van der Waals surface area contributed by atoms with Gasteiger partial charge in [-0.25, -0.2) is 4.90 Å². The number of hydrogen-bond donors (Lipinski definition) is 5. The average molecular weight is 666 g/mol. The van der Waals surface area contributed by atoms with Gasteiger partial charge in [0, 0.05) is 42.5 Å². The van der Waals surface area contributed by atoms with Crippen LogP contribution in [-0.2, 0) is 10.9 Å². The van der Waals surface area contributed by atoms with Gasteiger partial charge in [0.2, 0.25) is 0 Å². The molecule has 2 aliphatic heterocycles. The molecule has 0 saturated carbocycles. The minimum Gasteiger partial charge on any atom is -0.394 e. The Bertz CT molecular complexity index is 1700. The summed E-state index contributed by atoms with van der Waals surface area (Å²) < 4.78 is 44.9. The van der Waals surface area contributed by atoms with Gasteiger partial charge in [-0.15, -0.1) is 0 Å². The lowest BCUT2D eigenvalue weighted by Gasteiger charge is -2.29. The molecular formula is C34H36F3N6O5+. The van der Waals surface area contributed by atoms with Crippen LogP contribution in [0.1, 0.15) is 55.9 Å². The van der Waals surface area contributed by atoms with Crippen LogP contribution in [0.15, 0.2) is 83.7 Å². The number of piperidine rings is 1. The highest BCUT2D eigenvalue weighted by Crippen LogP contribution is 2.30. The molecule has 1 saturated heterocycles. The van der Waals surface area contributed by atoms with E-state index in [0.29, 0.717) is 10.6 Å². The molecular weight excluding hydrogens is 629 g/mol. The summed E-state index contributed by atoms with van der Waals surface area (Å²) in [6.07, 6.45) is 1.49. The monoisotopic (exact) mass is 665 g/mol. The maximum absolute atomic E-state index is 13.7. The van der Waals surface area contributed by atoms with Crippen molar-refractivity contribution in [2.45, 2.75) is 25.4 Å². The lowest BCUT2D eigenvalue weighted by atomic mass is 10.1. The second-order valence-corrected chi connectivity index (χ2v) is 11.2. The number of nitrogens with one attached hydrogen (secondary N) is 4. The van der Waals surface area contributed by atoms with Crippen LogP contribution < -0.4 is 25.8 Å². The molecule has 14 heteroatoms. The lowest BCUT2D eigenvalue weighted by Crippen LogP contribution is -3.00. The highest BCUT2D eigenvalue weighted by molar-refractivity contribution is 6.10. The highest BCUT2D eigenvalue weighted by atomic mass is 19.4. The largest absolute Gasteiger partial charge is 0.416 e. The number of carbonyl (C=O) groups excluding carboxylic acids is 3. The van der Waals surface area contributed by atoms with Crippen molar-refractivity contribution < 1.29 is 42.3 Å². The van der Waals surface area contributed by atoms with Crippen molar-refractivity contribution in [3.05, 3.63) is 101 Å². The van der Waals surface area contributed by atoms with Crippen LogP contribution in [-0.4, -0.2) is 68.6 Å². The zero-order valence-corrected chi connectivity index (χ0v) is 26.0. The summed E-state index contributed by atoms with van der Waals surface area (Å²) in [4.78, 5) is 46.4. The van der Waals surface area contributed by atoms with Crippen LogP contribution in [0.25, 0.3) is 0 Å². The molecule has 3 aromatic carbocycles. The number of carbonyl (C=O) groups is 3. The van der Waals surface area contributed by atoms with E-state index in [1.54, 1.807) is 30.3 Å². The minimum absolute atomic E-state index is 0.121. The first-order valence-electron chi connectivity index (χ1n) is 15.5. The Morgan fingerprint density at radius 2 is 1.62 bits per heavy atom. The van der Waals surface area contributed by atoms with Gasteiger partial charge in [-0.2, -0.15) is 18.2 Å². The van der Waals surface area contributed by atoms with Crippen molar-refractivity contribution >= 4 is 41.1 Å². The third-order valence-electron chi connectivity index (χ3n) is 7.77. The number of quaternary nitrogens is 1. The predicted molar refractivity (Wildman–Crippen MR) is 173 cm³/mol. The molecule has 0 spiro atoms. The summed E-state index contributed by atoms with van der Waals surface area (Å²) in [5.74, 6) is -1.40. The summed E-state index contributed by atoms with van der Waals surface area (Å²) in [6, 6.07) is 16.1. The fourth-order valence-electron chi connectivity index (χ4n) is 5.33. The molecule has 1 unspecified atom stereocenters. The Balaban J connectivity index is 1.33. The first-order chi connectivity index (χ1) is 23.1. The van der Waals surface area contributed by atoms with Gasteiger partial charge in [-0.05, 0) is 67.8 Å². The van der Waals surface area contributed by atoms with Crippen molar-refractivity contribution in [3.63, 3.8) is 0 Å². The molecule has 5 N–H and O–H groups in total. The number of benzene rings is 3. The molecule has 252 valence electrons. The number of amides is 3. The van der Waals surface area contributed by atoms with Gasteiger partial charge in [-0.1, -0.05) is 12.1 Å². The molecule has 1 atom stereocenters. The number of alkyl halides is 3. The summed E-state index contributed by atoms with van der Waals surface area (Å²) >= 11 is 0. The zero-order valence-electron chi connectivity index (χ0n) is 26.0. The van der Waals surface area contributed by atoms with E-state index < -0.39 is 29.5 Å². The number of ether oxygens (including phenoxy) is 1. The van der Waals surface area contributed by atoms with E-state index in [1.165, 1.54) is 30.7 Å². The Morgan fingerprint density at radius 3 is 2.38 bits per heavy atom. The number of nitrogens with zero attached hydrogens (tertiary/aromatic N) is 2. The molecule has 0 radical (unpaired) electrons. The van der Waals surface area contributed by atoms with Gasteiger partial charge in [0.1, 0.15) is 11.9 Å². The van der Waals surface area contributed by atoms with Crippen LogP contribution in [0.5, 0.6) is 0 Å². The summed E-state index contributed by atoms with van der Waals surface area (Å²) in [6.45, 7) is 2.12. The van der Waals surface area contributed by atoms with Crippen LogP contribution >= 0.6 is 0 Å². The SMILES string of the molecule is O=C(NCCOCCO)c1cccc(C(=O)Nc2ccc(N3CCCCC3)cc2C(=O)NC2=C[NH+](c3cccc(C(F)(F)F)c3)C=N2)c1. The highest BCUT2D eigenvalue weighted by Gasteiger charge is 2.32. The van der Waals surface area contributed by atoms with E-state index in [1.807, 2.05) is 6.07 Å². The molecule has 3 amide bonds. The molecule has 0 aromatic heterocycles. The zero-order chi connectivity index (χ0) is 34.1. The molecule has 11 nitrogen and oxygen atoms in total. The number of hydrogen-bond acceptors (Lipinski definition) is 7. The molecule has 2 heterocycles. The number of aliphatic hydroxyl groups is 1. The normalized spacial score (nSPS) is 16.0. The van der Waals surface area contributed by atoms with Crippen LogP contribution in [0.3, 0.4) is 0 Å². The van der Waals surface area contributed by atoms with Gasteiger partial charge in [0.25, 0.3) is 17.7 Å². The number of aliphatic imine (C=N–C) groups is 1. The van der Waals surface area contributed by atoms with E-state index in [-0.39, 0.29) is 54.6 Å². The molecule has 2 aliphatic rings. The Kier molecular flexibility index (Phi) is 11.2. The molecule has 3 aromatic rings. The van der Waals surface area contributed by atoms with Gasteiger partial charge in [-0.3, -0.25) is 14.4 Å². The molecule has 0 bridgehead atoms. The van der Waals surface area contributed by atoms with Crippen molar-refractivity contribution in [3.8, 4) is 0 Å². The van der Waals surface area contributed by atoms with Crippen molar-refractivity contribution in [1.29, 1.82) is 0 Å². The minimum atomic E-state index is -4.50. The van der Waals surface area contributed by atoms with Gasteiger partial charge in [0.05, 0.1) is 36.6 Å². The number of halogens is 3. The summed E-state index contributed by atoms with van der Waals surface area (Å²) in [5, 5.41) is 17.0. The number of aliphatic hydroxyl groups excluding tert-OH is 1. The third-order valence-corrected chi connectivity index (χ3v) is 7.77. The maximum Gasteiger partial charge on any atom is 0.416 e. The van der Waals surface area contributed by atoms with Gasteiger partial charge in [0.15, 0.2) is 12.2 Å². The van der Waals surface area contributed by atoms with E-state index in [4.69, 9.17) is 9.84 Å². The number of anilines is 2. The average Bonchev–Trinajstić information content (AvgIpc) is 3.56. The van der Waals surface area contributed by atoms with Crippen molar-refractivity contribution in [2.24, 2.45) is 4.99 Å². The predicted octanol–water partition coefficient (Wildman–Crippen LogP) is 3.47. The third kappa shape index (κ3) is 8.85. The quantitative estimate of drug-likeness (QED) is 0.188. The molecule has 0 aliphatic carbocycles. The molecule has 5 rings (SSSR count). The maximum atomic E-state index is 13.7. The fourth-order valence-corrected chi connectivity index (χ4v) is 5.33. The Hall–Kier alpha value is -5.05. The lowest BCUT2D eigenvalue weighted by molar-refractivity contribution is -0.655. The van der Waals surface area contributed by atoms with Crippen molar-refractivity contribution in [2.75, 3.05) is 49.7 Å². The van der Waals surface area contributed by atoms with Gasteiger partial charge < -0.3 is 30.7 Å². The first-order valence-corrected chi connectivity index (χ1v) is 15.5. The topological polar surface area (TPSA) is 137 Å². The van der Waals surface area contributed by atoms with Crippen LogP contribution in [0.2, 0.25) is 0 Å². The van der Waals surface area contributed by atoms with Crippen LogP contribution in [0.4, 0.5) is 30.2 Å². The van der Waals surface area contributed by atoms with E-state index in [9.17, 15) is 27.6 Å². The van der Waals surface area contributed by atoms with Crippen molar-refractivity contribution in [1.82, 2.24) is 10.6 Å². The van der Waals surface area contributed by atoms with E-state index in [2.05, 4.69) is 25.8 Å². The smallest absolute Gasteiger partial charge is 0.394 e. The molecule has 1 fully saturated rings. The van der Waals surface area contributed by atoms with E-state index in [0.717, 1.165) is 50.2 Å². The van der Waals surface area contributed by atoms with Crippen LogP contribution in [0, 0.1) is 0 Å². The standard InChI is InChI=1S/C34H35F3N6O5/c35-34(36,37)25-8-5-9-26(19-25)43-21-30(39-22-43)41-33(47)28-20-27(42-13-2-1-3-14-42)10-11-29(28)40-32(46)24-7-4-6-23(18-24)31(45)38-12-16-48-17-15-44/h4-11,18-22,44H,1-3,12-17H2,(H,38,45)(H,40,46)(H,41,47)/p+1. The summed E-state index contributed by atoms with van der Waals surface area (Å²) in [7, 11) is 0. The number of rotatable bonds is 12. The Morgan fingerprint density at radius 1 is 0.875 bits per heavy atom.